The van der Waals surface area contributed by atoms with E-state index in [9.17, 15) is 9.59 Å². The lowest BCUT2D eigenvalue weighted by Gasteiger charge is -2.09. The fraction of sp³-hybridized carbons (Fsp3) is 0.229. The monoisotopic (exact) mass is 579 g/mol. The van der Waals surface area contributed by atoms with Crippen LogP contribution >= 0.6 is 11.8 Å². The van der Waals surface area contributed by atoms with E-state index < -0.39 is 5.91 Å². The molecule has 5 rings (SSSR count). The SMILES string of the molecule is CCCCc1ccccc1.COc1cccc(CNC(=O)c2nc3cccc(SCCc4ccccc4)c3c(=O)[nH]2)c1. The number of H-pyrrole nitrogens is 1. The molecule has 1 aromatic heterocycles. The van der Waals surface area contributed by atoms with Crippen molar-refractivity contribution in [2.45, 2.75) is 44.0 Å². The minimum atomic E-state index is -0.436. The Morgan fingerprint density at radius 3 is 2.21 bits per heavy atom. The molecule has 7 heteroatoms. The van der Waals surface area contributed by atoms with Gasteiger partial charge >= 0.3 is 0 Å². The van der Waals surface area contributed by atoms with Crippen LogP contribution in [0.5, 0.6) is 5.75 Å². The van der Waals surface area contributed by atoms with E-state index in [0.717, 1.165) is 22.6 Å². The number of nitrogens with zero attached hydrogens (tertiary/aromatic N) is 1. The molecule has 216 valence electrons. The zero-order chi connectivity index (χ0) is 29.6. The molecule has 4 aromatic carbocycles. The number of methoxy groups -OCH3 is 1. The molecule has 0 radical (unpaired) electrons. The maximum Gasteiger partial charge on any atom is 0.287 e. The number of nitrogens with one attached hydrogen (secondary N) is 2. The highest BCUT2D eigenvalue weighted by molar-refractivity contribution is 7.99. The lowest BCUT2D eigenvalue weighted by atomic mass is 10.1. The molecule has 1 heterocycles. The van der Waals surface area contributed by atoms with E-state index in [-0.39, 0.29) is 11.4 Å². The predicted molar refractivity (Wildman–Crippen MR) is 172 cm³/mol. The van der Waals surface area contributed by atoms with Crippen molar-refractivity contribution < 1.29 is 9.53 Å². The van der Waals surface area contributed by atoms with Crippen LogP contribution in [0.4, 0.5) is 0 Å². The van der Waals surface area contributed by atoms with Gasteiger partial charge < -0.3 is 15.0 Å². The molecule has 0 spiro atoms. The van der Waals surface area contributed by atoms with Gasteiger partial charge in [-0.1, -0.05) is 92.2 Å². The molecule has 0 aliphatic rings. The van der Waals surface area contributed by atoms with Crippen LogP contribution in [0, 0.1) is 0 Å². The Bertz CT molecular complexity index is 1620. The van der Waals surface area contributed by atoms with Crippen LogP contribution in [0.3, 0.4) is 0 Å². The van der Waals surface area contributed by atoms with Crippen LogP contribution in [0.1, 0.15) is 47.1 Å². The van der Waals surface area contributed by atoms with Gasteiger partial charge in [0.2, 0.25) is 0 Å². The second-order valence-corrected chi connectivity index (χ2v) is 10.9. The second kappa shape index (κ2) is 16.2. The number of thioether (sulfide) groups is 1. The third kappa shape index (κ3) is 9.08. The number of aryl methyl sites for hydroxylation is 2. The number of hydrogen-bond donors (Lipinski definition) is 2. The van der Waals surface area contributed by atoms with Crippen molar-refractivity contribution in [1.29, 1.82) is 0 Å². The van der Waals surface area contributed by atoms with Crippen LogP contribution in [-0.2, 0) is 19.4 Å². The number of amides is 1. The van der Waals surface area contributed by atoms with Gasteiger partial charge in [0.1, 0.15) is 5.75 Å². The molecular weight excluding hydrogens is 542 g/mol. The number of carbonyl (C=O) groups excluding carboxylic acids is 1. The number of aromatic nitrogens is 2. The fourth-order valence-corrected chi connectivity index (χ4v) is 5.46. The molecular formula is C35H37N3O3S. The summed E-state index contributed by atoms with van der Waals surface area (Å²) in [4.78, 5) is 33.3. The van der Waals surface area contributed by atoms with Gasteiger partial charge in [-0.25, -0.2) is 4.98 Å². The third-order valence-corrected chi connectivity index (χ3v) is 7.71. The van der Waals surface area contributed by atoms with Crippen LogP contribution in [-0.4, -0.2) is 28.7 Å². The lowest BCUT2D eigenvalue weighted by molar-refractivity contribution is 0.0940. The number of aromatic amines is 1. The number of ether oxygens (including phenoxy) is 1. The summed E-state index contributed by atoms with van der Waals surface area (Å²) in [5, 5.41) is 3.30. The molecule has 42 heavy (non-hydrogen) atoms. The second-order valence-electron chi connectivity index (χ2n) is 9.77. The quantitative estimate of drug-likeness (QED) is 0.161. The first-order valence-corrected chi connectivity index (χ1v) is 15.2. The first-order chi connectivity index (χ1) is 20.6. The highest BCUT2D eigenvalue weighted by Gasteiger charge is 2.14. The van der Waals surface area contributed by atoms with Gasteiger partial charge in [-0.3, -0.25) is 9.59 Å². The highest BCUT2D eigenvalue weighted by Crippen LogP contribution is 2.25. The van der Waals surface area contributed by atoms with E-state index in [1.165, 1.54) is 30.4 Å². The zero-order valence-corrected chi connectivity index (χ0v) is 25.0. The van der Waals surface area contributed by atoms with Crippen LogP contribution in [0.15, 0.2) is 113 Å². The number of rotatable bonds is 11. The first kappa shape index (κ1) is 30.6. The average Bonchev–Trinajstić information content (AvgIpc) is 3.04. The zero-order valence-electron chi connectivity index (χ0n) is 24.1. The van der Waals surface area contributed by atoms with Crippen LogP contribution in [0.25, 0.3) is 10.9 Å². The average molecular weight is 580 g/mol. The Labute approximate surface area is 251 Å². The van der Waals surface area contributed by atoms with E-state index in [1.807, 2.05) is 54.6 Å². The fourth-order valence-electron chi connectivity index (χ4n) is 4.38. The van der Waals surface area contributed by atoms with Crippen molar-refractivity contribution in [3.8, 4) is 5.75 Å². The largest absolute Gasteiger partial charge is 0.497 e. The summed E-state index contributed by atoms with van der Waals surface area (Å²) in [5.41, 5.74) is 3.79. The summed E-state index contributed by atoms with van der Waals surface area (Å²) in [7, 11) is 1.59. The highest BCUT2D eigenvalue weighted by atomic mass is 32.2. The smallest absolute Gasteiger partial charge is 0.287 e. The molecule has 0 bridgehead atoms. The molecule has 0 aliphatic carbocycles. The number of carbonyl (C=O) groups is 1. The molecule has 0 saturated heterocycles. The number of hydrogen-bond acceptors (Lipinski definition) is 5. The summed E-state index contributed by atoms with van der Waals surface area (Å²) >= 11 is 1.61. The molecule has 0 aliphatic heterocycles. The first-order valence-electron chi connectivity index (χ1n) is 14.2. The van der Waals surface area contributed by atoms with Crippen LogP contribution < -0.4 is 15.6 Å². The summed E-state index contributed by atoms with van der Waals surface area (Å²) in [6.07, 6.45) is 4.73. The lowest BCUT2D eigenvalue weighted by Crippen LogP contribution is -2.27. The van der Waals surface area contributed by atoms with E-state index in [2.05, 4.69) is 64.7 Å². The van der Waals surface area contributed by atoms with Crippen LogP contribution in [0.2, 0.25) is 0 Å². The van der Waals surface area contributed by atoms with E-state index in [1.54, 1.807) is 24.9 Å². The minimum absolute atomic E-state index is 0.00293. The van der Waals surface area contributed by atoms with E-state index in [4.69, 9.17) is 4.74 Å². The van der Waals surface area contributed by atoms with Crippen molar-refractivity contribution >= 4 is 28.6 Å². The number of unbranched alkanes of at least 4 members (excludes halogenated alkanes) is 1. The van der Waals surface area contributed by atoms with Gasteiger partial charge in [0.05, 0.1) is 18.0 Å². The minimum Gasteiger partial charge on any atom is -0.497 e. The van der Waals surface area contributed by atoms with E-state index in [0.29, 0.717) is 23.2 Å². The van der Waals surface area contributed by atoms with Crippen molar-refractivity contribution in [1.82, 2.24) is 15.3 Å². The molecule has 0 unspecified atom stereocenters. The molecule has 0 saturated carbocycles. The Morgan fingerprint density at radius 2 is 1.52 bits per heavy atom. The topological polar surface area (TPSA) is 84.1 Å². The summed E-state index contributed by atoms with van der Waals surface area (Å²) in [6.45, 7) is 2.52. The van der Waals surface area contributed by atoms with Gasteiger partial charge in [0, 0.05) is 17.2 Å². The Balaban J connectivity index is 0.000000343. The van der Waals surface area contributed by atoms with Gasteiger partial charge in [0.25, 0.3) is 11.5 Å². The molecule has 6 nitrogen and oxygen atoms in total. The summed E-state index contributed by atoms with van der Waals surface area (Å²) in [6, 6.07) is 33.8. The van der Waals surface area contributed by atoms with Gasteiger partial charge in [-0.05, 0) is 60.2 Å². The summed E-state index contributed by atoms with van der Waals surface area (Å²) < 4.78 is 5.20. The Morgan fingerprint density at radius 1 is 0.857 bits per heavy atom. The molecule has 5 aromatic rings. The normalized spacial score (nSPS) is 10.5. The predicted octanol–water partition coefficient (Wildman–Crippen LogP) is 7.23. The molecule has 0 fully saturated rings. The maximum absolute atomic E-state index is 12.8. The van der Waals surface area contributed by atoms with Crippen molar-refractivity contribution in [2.75, 3.05) is 12.9 Å². The standard InChI is InChI=1S/C25H23N3O3S.C10H14/c1-31-19-10-5-9-18(15-19)16-26-25(30)23-27-20-11-6-12-21(22(20)24(29)28-23)32-14-13-17-7-3-2-4-8-17;1-2-3-7-10-8-5-4-6-9-10/h2-12,15H,13-14,16H2,1H3,(H,26,30)(H,27,28,29);4-6,8-9H,2-3,7H2,1H3. The van der Waals surface area contributed by atoms with Gasteiger partial charge in [-0.15, -0.1) is 11.8 Å². The summed E-state index contributed by atoms with van der Waals surface area (Å²) in [5.74, 6) is 1.11. The molecule has 1 amide bonds. The Hall–Kier alpha value is -4.36. The van der Waals surface area contributed by atoms with Gasteiger partial charge in [-0.2, -0.15) is 0 Å². The van der Waals surface area contributed by atoms with Crippen molar-refractivity contribution in [2.24, 2.45) is 0 Å². The Kier molecular flexibility index (Phi) is 11.8. The van der Waals surface area contributed by atoms with Gasteiger partial charge in [0.15, 0.2) is 5.82 Å². The number of benzene rings is 4. The third-order valence-electron chi connectivity index (χ3n) is 6.65. The molecule has 2 N–H and O–H groups in total. The van der Waals surface area contributed by atoms with Crippen molar-refractivity contribution in [3.05, 3.63) is 136 Å². The molecule has 0 atom stereocenters. The number of fused-ring (bicyclic) bond motifs is 1. The van der Waals surface area contributed by atoms with E-state index >= 15 is 0 Å². The van der Waals surface area contributed by atoms with Crippen molar-refractivity contribution in [3.63, 3.8) is 0 Å². The maximum atomic E-state index is 12.8.